The average Bonchev–Trinajstić information content (AvgIpc) is 2.69. The molecular formula is C12H21NO2S. The molecule has 0 aliphatic heterocycles. The number of hydrogen-bond donors (Lipinski definition) is 3. The van der Waals surface area contributed by atoms with Gasteiger partial charge in [-0.15, -0.1) is 11.3 Å². The van der Waals surface area contributed by atoms with E-state index in [1.165, 1.54) is 0 Å². The molecule has 16 heavy (non-hydrogen) atoms. The molecule has 1 aromatic heterocycles. The minimum atomic E-state index is -0.426. The molecule has 0 saturated carbocycles. The summed E-state index contributed by atoms with van der Waals surface area (Å²) in [5, 5.41) is 23.9. The molecule has 1 heterocycles. The van der Waals surface area contributed by atoms with Crippen LogP contribution in [0.4, 0.5) is 0 Å². The summed E-state index contributed by atoms with van der Waals surface area (Å²) in [5.74, 6) is 0. The molecule has 3 nitrogen and oxygen atoms in total. The first kappa shape index (κ1) is 13.6. The van der Waals surface area contributed by atoms with Gasteiger partial charge in [0.2, 0.25) is 0 Å². The highest BCUT2D eigenvalue weighted by molar-refractivity contribution is 7.10. The van der Waals surface area contributed by atoms with E-state index in [-0.39, 0.29) is 12.0 Å². The maximum atomic E-state index is 9.83. The first-order valence-corrected chi connectivity index (χ1v) is 6.46. The average molecular weight is 243 g/mol. The number of aliphatic hydroxyl groups is 2. The maximum absolute atomic E-state index is 9.83. The maximum Gasteiger partial charge on any atom is 0.101 e. The highest BCUT2D eigenvalue weighted by atomic mass is 32.1. The van der Waals surface area contributed by atoms with Crippen molar-refractivity contribution in [3.8, 4) is 0 Å². The van der Waals surface area contributed by atoms with Crippen molar-refractivity contribution in [2.75, 3.05) is 19.7 Å². The standard InChI is InChI=1S/C12H21NO2S/c1-12(2,5-6-14)9-13-8-10(15)11-4-3-7-16-11/h3-4,7,10,13-15H,5-6,8-9H2,1-2H3. The number of thiophene rings is 1. The largest absolute Gasteiger partial charge is 0.396 e. The van der Waals surface area contributed by atoms with Crippen molar-refractivity contribution in [2.24, 2.45) is 5.41 Å². The van der Waals surface area contributed by atoms with Crippen LogP contribution in [-0.4, -0.2) is 29.9 Å². The molecule has 0 amide bonds. The van der Waals surface area contributed by atoms with Gasteiger partial charge in [-0.05, 0) is 23.3 Å². The summed E-state index contributed by atoms with van der Waals surface area (Å²) >= 11 is 1.57. The summed E-state index contributed by atoms with van der Waals surface area (Å²) in [4.78, 5) is 0.993. The Morgan fingerprint density at radius 1 is 1.50 bits per heavy atom. The van der Waals surface area contributed by atoms with E-state index < -0.39 is 6.10 Å². The van der Waals surface area contributed by atoms with Crippen molar-refractivity contribution in [1.29, 1.82) is 0 Å². The summed E-state index contributed by atoms with van der Waals surface area (Å²) in [6, 6.07) is 3.88. The van der Waals surface area contributed by atoms with Gasteiger partial charge in [-0.25, -0.2) is 0 Å². The number of hydrogen-bond acceptors (Lipinski definition) is 4. The quantitative estimate of drug-likeness (QED) is 0.684. The lowest BCUT2D eigenvalue weighted by molar-refractivity contribution is 0.163. The lowest BCUT2D eigenvalue weighted by Gasteiger charge is -2.24. The van der Waals surface area contributed by atoms with Crippen LogP contribution in [0.3, 0.4) is 0 Å². The van der Waals surface area contributed by atoms with Gasteiger partial charge in [0.25, 0.3) is 0 Å². The first-order chi connectivity index (χ1) is 7.55. The van der Waals surface area contributed by atoms with Crippen LogP contribution in [-0.2, 0) is 0 Å². The number of aliphatic hydroxyl groups excluding tert-OH is 2. The Kier molecular flexibility index (Phi) is 5.41. The third kappa shape index (κ3) is 4.61. The molecule has 0 aliphatic carbocycles. The fourth-order valence-corrected chi connectivity index (χ4v) is 2.23. The second kappa shape index (κ2) is 6.35. The summed E-state index contributed by atoms with van der Waals surface area (Å²) in [7, 11) is 0. The lowest BCUT2D eigenvalue weighted by Crippen LogP contribution is -2.32. The Bertz CT molecular complexity index is 285. The van der Waals surface area contributed by atoms with Crippen LogP contribution >= 0.6 is 11.3 Å². The van der Waals surface area contributed by atoms with Gasteiger partial charge >= 0.3 is 0 Å². The van der Waals surface area contributed by atoms with Gasteiger partial charge in [0, 0.05) is 24.6 Å². The molecule has 1 atom stereocenters. The smallest absolute Gasteiger partial charge is 0.101 e. The summed E-state index contributed by atoms with van der Waals surface area (Å²) in [5.41, 5.74) is 0.0733. The summed E-state index contributed by atoms with van der Waals surface area (Å²) in [6.45, 7) is 5.79. The zero-order valence-corrected chi connectivity index (χ0v) is 10.8. The Labute approximate surface area is 101 Å². The second-order valence-corrected chi connectivity index (χ2v) is 5.78. The van der Waals surface area contributed by atoms with Crippen molar-refractivity contribution >= 4 is 11.3 Å². The van der Waals surface area contributed by atoms with Gasteiger partial charge in [0.05, 0.1) is 0 Å². The number of nitrogens with one attached hydrogen (secondary N) is 1. The van der Waals surface area contributed by atoms with E-state index in [1.807, 2.05) is 17.5 Å². The topological polar surface area (TPSA) is 52.5 Å². The molecule has 1 aromatic rings. The molecule has 1 rings (SSSR count). The van der Waals surface area contributed by atoms with Crippen molar-refractivity contribution in [2.45, 2.75) is 26.4 Å². The fourth-order valence-electron chi connectivity index (χ4n) is 1.52. The van der Waals surface area contributed by atoms with Crippen LogP contribution in [0.2, 0.25) is 0 Å². The molecule has 0 bridgehead atoms. The Balaban J connectivity index is 2.25. The van der Waals surface area contributed by atoms with Crippen molar-refractivity contribution in [1.82, 2.24) is 5.32 Å². The zero-order valence-electron chi connectivity index (χ0n) is 9.94. The zero-order chi connectivity index (χ0) is 12.0. The van der Waals surface area contributed by atoms with Crippen molar-refractivity contribution in [3.63, 3.8) is 0 Å². The van der Waals surface area contributed by atoms with Crippen LogP contribution < -0.4 is 5.32 Å². The van der Waals surface area contributed by atoms with Gasteiger partial charge in [-0.1, -0.05) is 19.9 Å². The summed E-state index contributed by atoms with van der Waals surface area (Å²) in [6.07, 6.45) is 0.347. The Morgan fingerprint density at radius 3 is 2.81 bits per heavy atom. The molecule has 0 aliphatic rings. The van der Waals surface area contributed by atoms with Crippen LogP contribution in [0.1, 0.15) is 31.2 Å². The monoisotopic (exact) mass is 243 g/mol. The lowest BCUT2D eigenvalue weighted by atomic mass is 9.90. The third-order valence-electron chi connectivity index (χ3n) is 2.60. The van der Waals surface area contributed by atoms with Crippen molar-refractivity contribution < 1.29 is 10.2 Å². The molecule has 0 saturated heterocycles. The normalized spacial score (nSPS) is 14.0. The molecule has 3 N–H and O–H groups in total. The fraction of sp³-hybridized carbons (Fsp3) is 0.667. The minimum absolute atomic E-state index is 0.0733. The molecular weight excluding hydrogens is 222 g/mol. The molecule has 0 radical (unpaired) electrons. The molecule has 4 heteroatoms. The van der Waals surface area contributed by atoms with Gasteiger partial charge < -0.3 is 15.5 Å². The van der Waals surface area contributed by atoms with Crippen LogP contribution in [0.5, 0.6) is 0 Å². The molecule has 0 aromatic carbocycles. The van der Waals surface area contributed by atoms with E-state index in [0.29, 0.717) is 6.54 Å². The number of rotatable bonds is 7. The molecule has 1 unspecified atom stereocenters. The second-order valence-electron chi connectivity index (χ2n) is 4.80. The van der Waals surface area contributed by atoms with E-state index in [1.54, 1.807) is 11.3 Å². The van der Waals surface area contributed by atoms with Gasteiger partial charge in [0.1, 0.15) is 6.10 Å². The molecule has 0 fully saturated rings. The van der Waals surface area contributed by atoms with Gasteiger partial charge in [-0.3, -0.25) is 0 Å². The van der Waals surface area contributed by atoms with E-state index in [4.69, 9.17) is 5.11 Å². The van der Waals surface area contributed by atoms with Crippen LogP contribution in [0.25, 0.3) is 0 Å². The Hall–Kier alpha value is -0.420. The minimum Gasteiger partial charge on any atom is -0.396 e. The van der Waals surface area contributed by atoms with Crippen LogP contribution in [0, 0.1) is 5.41 Å². The predicted molar refractivity (Wildman–Crippen MR) is 67.6 cm³/mol. The van der Waals surface area contributed by atoms with Gasteiger partial charge in [-0.2, -0.15) is 0 Å². The van der Waals surface area contributed by atoms with E-state index in [2.05, 4.69) is 19.2 Å². The highest BCUT2D eigenvalue weighted by Gasteiger charge is 2.17. The van der Waals surface area contributed by atoms with Gasteiger partial charge in [0.15, 0.2) is 0 Å². The van der Waals surface area contributed by atoms with E-state index in [0.717, 1.165) is 17.8 Å². The molecule has 0 spiro atoms. The Morgan fingerprint density at radius 2 is 2.25 bits per heavy atom. The molecule has 92 valence electrons. The van der Waals surface area contributed by atoms with E-state index >= 15 is 0 Å². The van der Waals surface area contributed by atoms with Crippen molar-refractivity contribution in [3.05, 3.63) is 22.4 Å². The third-order valence-corrected chi connectivity index (χ3v) is 3.57. The highest BCUT2D eigenvalue weighted by Crippen LogP contribution is 2.20. The summed E-state index contributed by atoms with van der Waals surface area (Å²) < 4.78 is 0. The van der Waals surface area contributed by atoms with Crippen LogP contribution in [0.15, 0.2) is 17.5 Å². The SMILES string of the molecule is CC(C)(CCO)CNCC(O)c1cccs1. The predicted octanol–water partition coefficient (Wildman–Crippen LogP) is 1.78. The first-order valence-electron chi connectivity index (χ1n) is 5.58. The van der Waals surface area contributed by atoms with E-state index in [9.17, 15) is 5.11 Å².